The number of nitrogens with zero attached hydrogens (tertiary/aromatic N) is 3. The molecule has 0 saturated heterocycles. The Kier molecular flexibility index (Phi) is 16.8. The first-order valence-corrected chi connectivity index (χ1v) is 14.4. The molecule has 1 amide bonds. The lowest BCUT2D eigenvalue weighted by Gasteiger charge is -2.09. The highest BCUT2D eigenvalue weighted by atomic mass is 33.1. The van der Waals surface area contributed by atoms with Gasteiger partial charge in [0.2, 0.25) is 0 Å². The zero-order valence-corrected chi connectivity index (χ0v) is 24.2. The van der Waals surface area contributed by atoms with Gasteiger partial charge in [-0.25, -0.2) is 4.98 Å². The van der Waals surface area contributed by atoms with Gasteiger partial charge in [-0.3, -0.25) is 9.48 Å². The molecule has 0 atom stereocenters. The SMILES string of the molecule is C1CCCCC1.CC.CSS.Cc1ccc2nc(C(F)(F)F)cc(N)c2c1.Cc1cn(C)nc1C(N)=O. The van der Waals surface area contributed by atoms with Crippen LogP contribution >= 0.6 is 22.5 Å². The van der Waals surface area contributed by atoms with E-state index in [0.29, 0.717) is 11.1 Å². The van der Waals surface area contributed by atoms with Crippen LogP contribution in [0.5, 0.6) is 0 Å². The molecule has 0 unspecified atom stereocenters. The Bertz CT molecular complexity index is 1070. The number of carbonyl (C=O) groups is 1. The molecule has 1 aliphatic carbocycles. The van der Waals surface area contributed by atoms with Gasteiger partial charge in [-0.05, 0) is 38.3 Å². The normalized spacial score (nSPS) is 12.4. The van der Waals surface area contributed by atoms with E-state index in [1.165, 1.54) is 55.4 Å². The van der Waals surface area contributed by atoms with Crippen molar-refractivity contribution in [2.75, 3.05) is 12.0 Å². The van der Waals surface area contributed by atoms with Gasteiger partial charge in [-0.15, -0.1) is 22.5 Å². The first-order valence-electron chi connectivity index (χ1n) is 12.1. The smallest absolute Gasteiger partial charge is 0.398 e. The van der Waals surface area contributed by atoms with Gasteiger partial charge in [0.15, 0.2) is 5.69 Å². The fourth-order valence-electron chi connectivity index (χ4n) is 3.42. The van der Waals surface area contributed by atoms with Crippen LogP contribution in [0, 0.1) is 13.8 Å². The standard InChI is InChI=1S/C11H9F3N2.C6H9N3O.C6H12.C2H6.CH4S2/c1-6-2-3-9-7(4-6)8(15)5-10(16-9)11(12,13)14;1-4-3-9(2)8-5(4)6(7)10;1-2-4-6-5-3-1;1-2;1-3-2/h2-5H,1H3,(H2,15,16);3H,1-2H3,(H2,7,10);1-6H2;1-2H3;2H,1H3. The van der Waals surface area contributed by atoms with Gasteiger partial charge in [0.25, 0.3) is 5.91 Å². The van der Waals surface area contributed by atoms with Crippen molar-refractivity contribution < 1.29 is 18.0 Å². The number of pyridine rings is 1. The van der Waals surface area contributed by atoms with Crippen molar-refractivity contribution in [1.29, 1.82) is 0 Å². The molecule has 1 fully saturated rings. The molecule has 2 heterocycles. The van der Waals surface area contributed by atoms with Crippen molar-refractivity contribution in [2.24, 2.45) is 12.8 Å². The molecule has 4 rings (SSSR count). The summed E-state index contributed by atoms with van der Waals surface area (Å²) in [4.78, 5) is 14.1. The van der Waals surface area contributed by atoms with Crippen molar-refractivity contribution >= 4 is 45.0 Å². The summed E-state index contributed by atoms with van der Waals surface area (Å²) < 4.78 is 38.9. The zero-order chi connectivity index (χ0) is 28.6. The van der Waals surface area contributed by atoms with Crippen LogP contribution in [-0.2, 0) is 13.2 Å². The molecule has 3 aromatic rings. The Morgan fingerprint density at radius 3 is 1.89 bits per heavy atom. The minimum atomic E-state index is -4.47. The predicted molar refractivity (Wildman–Crippen MR) is 154 cm³/mol. The summed E-state index contributed by atoms with van der Waals surface area (Å²) in [6.45, 7) is 7.64. The fourth-order valence-corrected chi connectivity index (χ4v) is 3.42. The summed E-state index contributed by atoms with van der Waals surface area (Å²) in [6.07, 6.45) is 8.19. The number of primary amides is 1. The van der Waals surface area contributed by atoms with E-state index in [1.54, 1.807) is 37.0 Å². The first kappa shape index (κ1) is 34.6. The molecule has 0 bridgehead atoms. The van der Waals surface area contributed by atoms with Gasteiger partial charge in [0.05, 0.1) is 5.52 Å². The Morgan fingerprint density at radius 2 is 1.54 bits per heavy atom. The molecule has 37 heavy (non-hydrogen) atoms. The van der Waals surface area contributed by atoms with Crippen molar-refractivity contribution in [3.63, 3.8) is 0 Å². The quantitative estimate of drug-likeness (QED) is 0.211. The lowest BCUT2D eigenvalue weighted by Crippen LogP contribution is -2.13. The number of benzene rings is 1. The highest BCUT2D eigenvalue weighted by Crippen LogP contribution is 2.32. The minimum Gasteiger partial charge on any atom is -0.398 e. The lowest BCUT2D eigenvalue weighted by molar-refractivity contribution is -0.140. The number of hydrogen-bond donors (Lipinski definition) is 3. The molecular weight excluding hydrogens is 519 g/mol. The number of anilines is 1. The van der Waals surface area contributed by atoms with Gasteiger partial charge in [-0.2, -0.15) is 18.3 Å². The molecule has 2 aromatic heterocycles. The Morgan fingerprint density at radius 1 is 1.05 bits per heavy atom. The van der Waals surface area contributed by atoms with Crippen LogP contribution in [0.2, 0.25) is 0 Å². The number of thiol groups is 1. The third kappa shape index (κ3) is 13.1. The molecule has 4 N–H and O–H groups in total. The Labute approximate surface area is 227 Å². The Hall–Kier alpha value is -2.40. The number of aromatic nitrogens is 3. The average molecular weight is 560 g/mol. The highest BCUT2D eigenvalue weighted by molar-refractivity contribution is 8.68. The number of amides is 1. The van der Waals surface area contributed by atoms with Gasteiger partial charge >= 0.3 is 6.18 Å². The largest absolute Gasteiger partial charge is 0.433 e. The van der Waals surface area contributed by atoms with E-state index in [4.69, 9.17) is 11.5 Å². The molecule has 0 radical (unpaired) electrons. The maximum atomic E-state index is 12.5. The molecule has 0 aliphatic heterocycles. The summed E-state index contributed by atoms with van der Waals surface area (Å²) in [7, 11) is 3.19. The second-order valence-corrected chi connectivity index (χ2v) is 9.58. The number of nitrogen functional groups attached to an aromatic ring is 1. The zero-order valence-electron chi connectivity index (χ0n) is 22.5. The van der Waals surface area contributed by atoms with Crippen LogP contribution in [0.4, 0.5) is 18.9 Å². The third-order valence-corrected chi connectivity index (χ3v) is 5.03. The fraction of sp³-hybridized carbons (Fsp3) is 0.500. The van der Waals surface area contributed by atoms with E-state index in [2.05, 4.69) is 21.7 Å². The van der Waals surface area contributed by atoms with Crippen molar-refractivity contribution in [3.05, 3.63) is 53.0 Å². The van der Waals surface area contributed by atoms with E-state index < -0.39 is 17.8 Å². The van der Waals surface area contributed by atoms with Crippen molar-refractivity contribution in [2.45, 2.75) is 72.4 Å². The summed E-state index contributed by atoms with van der Waals surface area (Å²) in [5.41, 5.74) is 12.1. The molecule has 208 valence electrons. The number of rotatable bonds is 1. The van der Waals surface area contributed by atoms with E-state index in [-0.39, 0.29) is 11.2 Å². The molecule has 0 spiro atoms. The first-order chi connectivity index (χ1) is 17.4. The number of alkyl halides is 3. The van der Waals surface area contributed by atoms with E-state index in [0.717, 1.165) is 17.2 Å². The maximum absolute atomic E-state index is 12.5. The van der Waals surface area contributed by atoms with Crippen LogP contribution in [0.25, 0.3) is 10.9 Å². The number of hydrogen-bond acceptors (Lipinski definition) is 6. The highest BCUT2D eigenvalue weighted by Gasteiger charge is 2.33. The number of fused-ring (bicyclic) bond motifs is 1. The van der Waals surface area contributed by atoms with Crippen LogP contribution in [0.1, 0.15) is 79.7 Å². The van der Waals surface area contributed by atoms with Gasteiger partial charge in [0, 0.05) is 29.9 Å². The molecule has 6 nitrogen and oxygen atoms in total. The van der Waals surface area contributed by atoms with E-state index >= 15 is 0 Å². The van der Waals surface area contributed by atoms with Crippen LogP contribution in [0.15, 0.2) is 30.5 Å². The molecule has 1 aliphatic rings. The molecule has 1 saturated carbocycles. The van der Waals surface area contributed by atoms with E-state index in [1.807, 2.05) is 27.0 Å². The Balaban J connectivity index is 0.000000526. The van der Waals surface area contributed by atoms with Gasteiger partial charge in [0.1, 0.15) is 5.69 Å². The molecule has 1 aromatic carbocycles. The number of aryl methyl sites for hydroxylation is 3. The monoisotopic (exact) mass is 559 g/mol. The summed E-state index contributed by atoms with van der Waals surface area (Å²) in [5.74, 6) is -0.474. The molecular formula is C26H40F3N5OS2. The minimum absolute atomic E-state index is 0.0982. The summed E-state index contributed by atoms with van der Waals surface area (Å²) in [6, 6.07) is 5.82. The lowest BCUT2D eigenvalue weighted by atomic mass is 10.0. The number of halogens is 3. The van der Waals surface area contributed by atoms with Crippen LogP contribution in [-0.4, -0.2) is 26.9 Å². The van der Waals surface area contributed by atoms with Crippen molar-refractivity contribution in [1.82, 2.24) is 14.8 Å². The van der Waals surface area contributed by atoms with Gasteiger partial charge < -0.3 is 11.5 Å². The van der Waals surface area contributed by atoms with Crippen LogP contribution < -0.4 is 11.5 Å². The topological polar surface area (TPSA) is 99.8 Å². The summed E-state index contributed by atoms with van der Waals surface area (Å²) in [5, 5.41) is 4.40. The van der Waals surface area contributed by atoms with Gasteiger partial charge in [-0.1, -0.05) is 64.0 Å². The second kappa shape index (κ2) is 18.0. The predicted octanol–water partition coefficient (Wildman–Crippen LogP) is 7.53. The number of carbonyl (C=O) groups excluding carboxylic acids is 1. The maximum Gasteiger partial charge on any atom is 0.433 e. The van der Waals surface area contributed by atoms with Crippen molar-refractivity contribution in [3.8, 4) is 0 Å². The van der Waals surface area contributed by atoms with E-state index in [9.17, 15) is 18.0 Å². The average Bonchev–Trinajstić information content (AvgIpc) is 3.21. The van der Waals surface area contributed by atoms with Crippen LogP contribution in [0.3, 0.4) is 0 Å². The second-order valence-electron chi connectivity index (χ2n) is 8.12. The number of nitrogens with two attached hydrogens (primary N) is 2. The molecule has 11 heteroatoms. The third-order valence-electron chi connectivity index (χ3n) is 5.03. The summed E-state index contributed by atoms with van der Waals surface area (Å²) >= 11 is 3.71.